The van der Waals surface area contributed by atoms with E-state index in [1.165, 1.54) is 25.3 Å². The van der Waals surface area contributed by atoms with Gasteiger partial charge in [-0.15, -0.1) is 5.92 Å². The highest BCUT2D eigenvalue weighted by atomic mass is 16.5. The van der Waals surface area contributed by atoms with Gasteiger partial charge in [0.25, 0.3) is 0 Å². The third kappa shape index (κ3) is 15.9. The van der Waals surface area contributed by atoms with Crippen molar-refractivity contribution in [2.45, 2.75) is 121 Å². The third-order valence-corrected chi connectivity index (χ3v) is 7.68. The molecule has 11 nitrogen and oxygen atoms in total. The lowest BCUT2D eigenvalue weighted by Crippen LogP contribution is -2.55. The van der Waals surface area contributed by atoms with Gasteiger partial charge in [-0.1, -0.05) is 88.5 Å². The van der Waals surface area contributed by atoms with E-state index >= 15 is 0 Å². The minimum absolute atomic E-state index is 0.162. The number of carbonyl (C=O) groups excluding carboxylic acids is 1. The molecule has 4 atom stereocenters. The van der Waals surface area contributed by atoms with Gasteiger partial charge in [0.15, 0.2) is 5.60 Å². The summed E-state index contributed by atoms with van der Waals surface area (Å²) in [5, 5.41) is 52.1. The van der Waals surface area contributed by atoms with Gasteiger partial charge in [0.1, 0.15) is 18.4 Å². The van der Waals surface area contributed by atoms with Gasteiger partial charge in [-0.3, -0.25) is 9.59 Å². The van der Waals surface area contributed by atoms with E-state index in [0.29, 0.717) is 24.2 Å². The number of unbranched alkanes of at least 4 members (excludes halogenated alkanes) is 8. The van der Waals surface area contributed by atoms with E-state index in [4.69, 9.17) is 4.74 Å². The molecular formula is C35H51NO10. The first-order valence-corrected chi connectivity index (χ1v) is 16.1. The molecule has 0 heterocycles. The fourth-order valence-electron chi connectivity index (χ4n) is 4.98. The number of amides is 1. The van der Waals surface area contributed by atoms with Crippen LogP contribution in [0.4, 0.5) is 0 Å². The number of carbonyl (C=O) groups is 4. The quantitative estimate of drug-likeness (QED) is 0.0493. The fraction of sp³-hybridized carbons (Fsp3) is 0.600. The van der Waals surface area contributed by atoms with Crippen molar-refractivity contribution in [3.05, 3.63) is 42.0 Å². The van der Waals surface area contributed by atoms with Crippen LogP contribution in [0.5, 0.6) is 5.75 Å². The van der Waals surface area contributed by atoms with Crippen LogP contribution in [0.15, 0.2) is 36.4 Å². The van der Waals surface area contributed by atoms with Crippen molar-refractivity contribution in [1.29, 1.82) is 0 Å². The van der Waals surface area contributed by atoms with Crippen molar-refractivity contribution in [2.75, 3.05) is 6.61 Å². The zero-order valence-corrected chi connectivity index (χ0v) is 27.1. The molecule has 0 radical (unpaired) electrons. The first kappa shape index (κ1) is 40.1. The summed E-state index contributed by atoms with van der Waals surface area (Å²) < 4.78 is 5.44. The number of rotatable bonds is 25. The van der Waals surface area contributed by atoms with Crippen molar-refractivity contribution < 1.29 is 49.4 Å². The first-order valence-electron chi connectivity index (χ1n) is 16.1. The Hall–Kier alpha value is -3.88. The molecule has 1 rings (SSSR count). The van der Waals surface area contributed by atoms with Crippen LogP contribution >= 0.6 is 0 Å². The molecule has 6 N–H and O–H groups in total. The van der Waals surface area contributed by atoms with Gasteiger partial charge in [0.05, 0.1) is 18.4 Å². The number of hydrogen-bond donors (Lipinski definition) is 6. The molecule has 0 aromatic heterocycles. The van der Waals surface area contributed by atoms with Crippen molar-refractivity contribution >= 4 is 23.8 Å². The molecule has 11 heteroatoms. The van der Waals surface area contributed by atoms with Crippen LogP contribution in [0.25, 0.3) is 0 Å². The maximum Gasteiger partial charge on any atom is 0.337 e. The molecule has 0 aliphatic rings. The Kier molecular flexibility index (Phi) is 19.7. The molecule has 1 amide bonds. The average Bonchev–Trinajstić information content (AvgIpc) is 3.00. The summed E-state index contributed by atoms with van der Waals surface area (Å²) in [5.41, 5.74) is -2.48. The van der Waals surface area contributed by atoms with Crippen LogP contribution in [-0.4, -0.2) is 73.7 Å². The number of aliphatic hydroxyl groups excluding tert-OH is 1. The molecule has 0 saturated heterocycles. The number of aliphatic hydroxyl groups is 2. The van der Waals surface area contributed by atoms with Gasteiger partial charge >= 0.3 is 17.9 Å². The summed E-state index contributed by atoms with van der Waals surface area (Å²) in [6.07, 6.45) is 11.9. The Morgan fingerprint density at radius 2 is 1.54 bits per heavy atom. The standard InChI is InChI=1S/C35H51NO10/c1-3-5-7-10-13-16-27(37)17-14-11-8-9-12-15-18-29(35(45,34(43)44)25-31(38)39)32(40)36-30(33(41)42)24-26-19-21-28(22-20-26)46-23-6-4-2/h15,18-22,27,29-30,37,45H,3,5,7-14,16-17,23-25H2,1-2H3,(H,36,40)(H,38,39)(H,41,42)(H,43,44)/t27?,29-,30+,35+/m1/s1. The fourth-order valence-corrected chi connectivity index (χ4v) is 4.98. The van der Waals surface area contributed by atoms with E-state index in [1.807, 2.05) is 0 Å². The van der Waals surface area contributed by atoms with Crippen molar-refractivity contribution in [1.82, 2.24) is 5.32 Å². The zero-order valence-electron chi connectivity index (χ0n) is 27.1. The van der Waals surface area contributed by atoms with Crippen molar-refractivity contribution in [2.24, 2.45) is 5.92 Å². The lowest BCUT2D eigenvalue weighted by atomic mass is 9.82. The molecule has 1 aromatic rings. The third-order valence-electron chi connectivity index (χ3n) is 7.68. The normalized spacial score (nSPS) is 14.3. The van der Waals surface area contributed by atoms with E-state index in [0.717, 1.165) is 51.0 Å². The monoisotopic (exact) mass is 645 g/mol. The smallest absolute Gasteiger partial charge is 0.337 e. The number of nitrogens with one attached hydrogen (secondary N) is 1. The molecule has 0 spiro atoms. The first-order chi connectivity index (χ1) is 21.9. The Morgan fingerprint density at radius 1 is 0.935 bits per heavy atom. The van der Waals surface area contributed by atoms with Crippen LogP contribution in [-0.2, 0) is 25.6 Å². The number of ether oxygens (including phenoxy) is 1. The number of carboxylic acids is 3. The van der Waals surface area contributed by atoms with E-state index < -0.39 is 47.8 Å². The molecule has 256 valence electrons. The van der Waals surface area contributed by atoms with Gasteiger partial charge in [0, 0.05) is 6.42 Å². The van der Waals surface area contributed by atoms with E-state index in [9.17, 15) is 44.7 Å². The second-order valence-corrected chi connectivity index (χ2v) is 11.5. The highest BCUT2D eigenvalue weighted by Gasteiger charge is 2.49. The maximum atomic E-state index is 13.3. The SMILES string of the molecule is CC#CCOc1ccc(C[C@H](NC(=O)[C@@H](C=CCCCCCCC(O)CCCCCCC)[C@@](O)(CC(=O)O)C(=O)O)C(=O)O)cc1. The number of benzene rings is 1. The van der Waals surface area contributed by atoms with Crippen LogP contribution in [0.2, 0.25) is 0 Å². The Morgan fingerprint density at radius 3 is 2.09 bits per heavy atom. The molecule has 1 aromatic carbocycles. The zero-order chi connectivity index (χ0) is 34.4. The Bertz CT molecular complexity index is 1170. The van der Waals surface area contributed by atoms with E-state index in [1.54, 1.807) is 31.2 Å². The summed E-state index contributed by atoms with van der Waals surface area (Å²) in [7, 11) is 0. The molecule has 0 bridgehead atoms. The highest BCUT2D eigenvalue weighted by Crippen LogP contribution is 2.26. The maximum absolute atomic E-state index is 13.3. The Labute approximate surface area is 272 Å². The molecule has 46 heavy (non-hydrogen) atoms. The number of allylic oxidation sites excluding steroid dienone is 1. The predicted octanol–water partition coefficient (Wildman–Crippen LogP) is 4.73. The van der Waals surface area contributed by atoms with Crippen LogP contribution < -0.4 is 10.1 Å². The molecular weight excluding hydrogens is 594 g/mol. The van der Waals surface area contributed by atoms with Crippen molar-refractivity contribution in [3.8, 4) is 17.6 Å². The van der Waals surface area contributed by atoms with Crippen LogP contribution in [0.3, 0.4) is 0 Å². The van der Waals surface area contributed by atoms with Gasteiger partial charge in [-0.2, -0.15) is 0 Å². The summed E-state index contributed by atoms with van der Waals surface area (Å²) in [4.78, 5) is 48.8. The van der Waals surface area contributed by atoms with Gasteiger partial charge < -0.3 is 35.6 Å². The van der Waals surface area contributed by atoms with E-state index in [-0.39, 0.29) is 19.1 Å². The summed E-state index contributed by atoms with van der Waals surface area (Å²) in [5.74, 6) is -1.98. The lowest BCUT2D eigenvalue weighted by Gasteiger charge is -2.29. The van der Waals surface area contributed by atoms with Crippen molar-refractivity contribution in [3.63, 3.8) is 0 Å². The summed E-state index contributed by atoms with van der Waals surface area (Å²) in [6.45, 7) is 4.03. The highest BCUT2D eigenvalue weighted by molar-refractivity contribution is 5.94. The van der Waals surface area contributed by atoms with Gasteiger partial charge in [0.2, 0.25) is 5.91 Å². The topological polar surface area (TPSA) is 191 Å². The molecule has 0 aliphatic carbocycles. The van der Waals surface area contributed by atoms with E-state index in [2.05, 4.69) is 24.1 Å². The van der Waals surface area contributed by atoms with Gasteiger partial charge in [-0.05, 0) is 50.3 Å². The molecule has 0 aliphatic heterocycles. The average molecular weight is 646 g/mol. The van der Waals surface area contributed by atoms with Crippen LogP contribution in [0, 0.1) is 17.8 Å². The van der Waals surface area contributed by atoms with Gasteiger partial charge in [-0.25, -0.2) is 9.59 Å². The molecule has 0 fully saturated rings. The predicted molar refractivity (Wildman–Crippen MR) is 173 cm³/mol. The largest absolute Gasteiger partial charge is 0.481 e. The molecule has 1 unspecified atom stereocenters. The minimum Gasteiger partial charge on any atom is -0.481 e. The summed E-state index contributed by atoms with van der Waals surface area (Å²) in [6, 6.07) is 4.97. The van der Waals surface area contributed by atoms with Crippen LogP contribution in [0.1, 0.15) is 103 Å². The Balaban J connectivity index is 2.82. The minimum atomic E-state index is -3.01. The number of carboxylic acid groups (broad SMARTS) is 3. The molecule has 0 saturated carbocycles. The lowest BCUT2D eigenvalue weighted by molar-refractivity contribution is -0.172. The second-order valence-electron chi connectivity index (χ2n) is 11.5. The summed E-state index contributed by atoms with van der Waals surface area (Å²) >= 11 is 0. The second kappa shape index (κ2) is 22.6. The number of hydrogen-bond acceptors (Lipinski definition) is 7. The number of aliphatic carboxylic acids is 3.